The minimum atomic E-state index is -0.395. The molecule has 1 aromatic heterocycles. The first-order valence-electron chi connectivity index (χ1n) is 8.88. The summed E-state index contributed by atoms with van der Waals surface area (Å²) in [5.41, 5.74) is 0.897. The Balaban J connectivity index is 0.00000280. The van der Waals surface area contributed by atoms with Crippen molar-refractivity contribution in [3.63, 3.8) is 0 Å². The van der Waals surface area contributed by atoms with Crippen molar-refractivity contribution in [3.8, 4) is 0 Å². The van der Waals surface area contributed by atoms with Crippen LogP contribution in [-0.4, -0.2) is 52.3 Å². The van der Waals surface area contributed by atoms with Gasteiger partial charge in [-0.1, -0.05) is 17.7 Å². The van der Waals surface area contributed by atoms with Crippen molar-refractivity contribution in [2.45, 2.75) is 32.0 Å². The number of rotatable bonds is 4. The number of guanidine groups is 1. The lowest BCUT2D eigenvalue weighted by Crippen LogP contribution is -2.45. The molecule has 28 heavy (non-hydrogen) atoms. The molecule has 2 N–H and O–H groups in total. The summed E-state index contributed by atoms with van der Waals surface area (Å²) in [4.78, 5) is 6.52. The normalized spacial score (nSPS) is 20.1. The Bertz CT molecular complexity index is 841. The van der Waals surface area contributed by atoms with E-state index in [2.05, 4.69) is 30.7 Å². The Hall–Kier alpha value is -1.46. The molecule has 1 saturated heterocycles. The quantitative estimate of drug-likeness (QED) is 0.368. The molecular formula is C18H26ClFIN7. The fourth-order valence-electron chi connectivity index (χ4n) is 3.42. The lowest BCUT2D eigenvalue weighted by molar-refractivity contribution is 0.296. The van der Waals surface area contributed by atoms with Crippen LogP contribution in [0.3, 0.4) is 0 Å². The van der Waals surface area contributed by atoms with Gasteiger partial charge in [-0.2, -0.15) is 0 Å². The zero-order chi connectivity index (χ0) is 19.6. The average Bonchev–Trinajstić information content (AvgIpc) is 3.17. The molecule has 2 heterocycles. The van der Waals surface area contributed by atoms with Crippen molar-refractivity contribution >= 4 is 41.5 Å². The molecule has 1 aliphatic heterocycles. The SMILES string of the molecule is CN=C(NCc1nnc(C)n1C)NC1CCN(C)C1c1ccc(Cl)c(F)c1.I. The maximum Gasteiger partial charge on any atom is 0.191 e. The number of aryl methyl sites for hydroxylation is 1. The van der Waals surface area contributed by atoms with Crippen LogP contribution in [0.25, 0.3) is 0 Å². The van der Waals surface area contributed by atoms with Crippen molar-refractivity contribution in [2.75, 3.05) is 20.6 Å². The predicted octanol–water partition coefficient (Wildman–Crippen LogP) is 2.64. The van der Waals surface area contributed by atoms with E-state index in [1.54, 1.807) is 13.1 Å². The number of nitrogens with one attached hydrogen (secondary N) is 2. The van der Waals surface area contributed by atoms with Gasteiger partial charge in [-0.3, -0.25) is 9.89 Å². The summed E-state index contributed by atoms with van der Waals surface area (Å²) in [5.74, 6) is 1.97. The molecule has 0 saturated carbocycles. The Morgan fingerprint density at radius 2 is 2.11 bits per heavy atom. The van der Waals surface area contributed by atoms with E-state index in [-0.39, 0.29) is 41.1 Å². The van der Waals surface area contributed by atoms with Crippen molar-refractivity contribution < 1.29 is 4.39 Å². The van der Waals surface area contributed by atoms with Gasteiger partial charge in [-0.25, -0.2) is 4.39 Å². The van der Waals surface area contributed by atoms with Gasteiger partial charge in [0, 0.05) is 26.7 Å². The summed E-state index contributed by atoms with van der Waals surface area (Å²) in [6.45, 7) is 3.33. The van der Waals surface area contributed by atoms with E-state index in [9.17, 15) is 4.39 Å². The smallest absolute Gasteiger partial charge is 0.191 e. The monoisotopic (exact) mass is 521 g/mol. The van der Waals surface area contributed by atoms with E-state index in [0.717, 1.165) is 30.2 Å². The number of benzene rings is 1. The Morgan fingerprint density at radius 1 is 1.36 bits per heavy atom. The lowest BCUT2D eigenvalue weighted by Gasteiger charge is -2.27. The van der Waals surface area contributed by atoms with E-state index in [1.807, 2.05) is 31.7 Å². The molecule has 1 aliphatic rings. The molecule has 10 heteroatoms. The van der Waals surface area contributed by atoms with Gasteiger partial charge in [-0.05, 0) is 38.1 Å². The Kier molecular flexibility index (Phi) is 8.02. The van der Waals surface area contributed by atoms with Crippen molar-refractivity contribution in [1.29, 1.82) is 0 Å². The lowest BCUT2D eigenvalue weighted by atomic mass is 10.00. The van der Waals surface area contributed by atoms with Gasteiger partial charge in [-0.15, -0.1) is 34.2 Å². The van der Waals surface area contributed by atoms with Crippen molar-refractivity contribution in [2.24, 2.45) is 12.0 Å². The molecule has 0 amide bonds. The van der Waals surface area contributed by atoms with Gasteiger partial charge in [0.2, 0.25) is 0 Å². The highest BCUT2D eigenvalue weighted by Crippen LogP contribution is 2.32. The summed E-state index contributed by atoms with van der Waals surface area (Å²) < 4.78 is 15.9. The third-order valence-corrected chi connectivity index (χ3v) is 5.38. The van der Waals surface area contributed by atoms with Crippen LogP contribution in [-0.2, 0) is 13.6 Å². The van der Waals surface area contributed by atoms with E-state index >= 15 is 0 Å². The minimum Gasteiger partial charge on any atom is -0.352 e. The maximum absolute atomic E-state index is 13.9. The fourth-order valence-corrected chi connectivity index (χ4v) is 3.54. The topological polar surface area (TPSA) is 70.4 Å². The van der Waals surface area contributed by atoms with Gasteiger partial charge >= 0.3 is 0 Å². The second-order valence-corrected chi connectivity index (χ2v) is 7.19. The molecule has 2 atom stereocenters. The first-order valence-corrected chi connectivity index (χ1v) is 9.25. The highest BCUT2D eigenvalue weighted by molar-refractivity contribution is 14.0. The van der Waals surface area contributed by atoms with E-state index < -0.39 is 5.82 Å². The van der Waals surface area contributed by atoms with Crippen LogP contribution in [0.2, 0.25) is 5.02 Å². The molecular weight excluding hydrogens is 496 g/mol. The number of nitrogens with zero attached hydrogens (tertiary/aromatic N) is 5. The van der Waals surface area contributed by atoms with Crippen LogP contribution in [0.1, 0.15) is 29.7 Å². The van der Waals surface area contributed by atoms with E-state index in [1.165, 1.54) is 6.07 Å². The van der Waals surface area contributed by atoms with Gasteiger partial charge in [0.25, 0.3) is 0 Å². The van der Waals surface area contributed by atoms with Crippen LogP contribution in [0, 0.1) is 12.7 Å². The third-order valence-electron chi connectivity index (χ3n) is 5.08. The van der Waals surface area contributed by atoms with Gasteiger partial charge in [0.1, 0.15) is 11.6 Å². The standard InChI is InChI=1S/C18H25ClFN7.HI/c1-11-24-25-16(27(11)4)10-22-18(21-2)23-15-7-8-26(3)17(15)12-5-6-13(19)14(20)9-12;/h5-6,9,15,17H,7-8,10H2,1-4H3,(H2,21,22,23);1H. The minimum absolute atomic E-state index is 0. The average molecular weight is 522 g/mol. The zero-order valence-corrected chi connectivity index (χ0v) is 19.5. The first kappa shape index (κ1) is 22.8. The Labute approximate surface area is 186 Å². The van der Waals surface area contributed by atoms with Crippen molar-refractivity contribution in [1.82, 2.24) is 30.3 Å². The fraction of sp³-hybridized carbons (Fsp3) is 0.500. The van der Waals surface area contributed by atoms with Crippen LogP contribution in [0.4, 0.5) is 4.39 Å². The maximum atomic E-state index is 13.9. The molecule has 1 fully saturated rings. The van der Waals surface area contributed by atoms with Gasteiger partial charge in [0.05, 0.1) is 17.6 Å². The predicted molar refractivity (Wildman–Crippen MR) is 120 cm³/mol. The molecule has 7 nitrogen and oxygen atoms in total. The van der Waals surface area contributed by atoms with Crippen LogP contribution in [0.15, 0.2) is 23.2 Å². The van der Waals surface area contributed by atoms with Gasteiger partial charge < -0.3 is 15.2 Å². The molecule has 3 rings (SSSR count). The molecule has 1 aromatic carbocycles. The van der Waals surface area contributed by atoms with E-state index in [4.69, 9.17) is 11.6 Å². The van der Waals surface area contributed by atoms with Gasteiger partial charge in [0.15, 0.2) is 11.8 Å². The summed E-state index contributed by atoms with van der Waals surface area (Å²) in [7, 11) is 5.70. The summed E-state index contributed by atoms with van der Waals surface area (Å²) in [6.07, 6.45) is 0.926. The molecule has 2 aromatic rings. The van der Waals surface area contributed by atoms with Crippen LogP contribution < -0.4 is 10.6 Å². The molecule has 154 valence electrons. The number of hydrogen-bond donors (Lipinski definition) is 2. The van der Waals surface area contributed by atoms with E-state index in [0.29, 0.717) is 12.5 Å². The second kappa shape index (κ2) is 9.84. The number of likely N-dealkylation sites (N-methyl/N-ethyl adjacent to an activating group) is 1. The highest BCUT2D eigenvalue weighted by Gasteiger charge is 2.34. The highest BCUT2D eigenvalue weighted by atomic mass is 127. The molecule has 0 spiro atoms. The number of aliphatic imine (C=N–C) groups is 1. The third kappa shape index (κ3) is 4.93. The molecule has 2 unspecified atom stereocenters. The second-order valence-electron chi connectivity index (χ2n) is 6.79. The molecule has 0 bridgehead atoms. The zero-order valence-electron chi connectivity index (χ0n) is 16.4. The summed E-state index contributed by atoms with van der Waals surface area (Å²) in [5, 5.41) is 15.1. The van der Waals surface area contributed by atoms with Crippen LogP contribution in [0.5, 0.6) is 0 Å². The summed E-state index contributed by atoms with van der Waals surface area (Å²) in [6, 6.07) is 5.14. The first-order chi connectivity index (χ1) is 12.9. The number of halogens is 3. The van der Waals surface area contributed by atoms with Crippen molar-refractivity contribution in [3.05, 3.63) is 46.3 Å². The molecule has 0 radical (unpaired) electrons. The number of likely N-dealkylation sites (tertiary alicyclic amines) is 1. The summed E-state index contributed by atoms with van der Waals surface area (Å²) >= 11 is 5.83. The van der Waals surface area contributed by atoms with Crippen LogP contribution >= 0.6 is 35.6 Å². The largest absolute Gasteiger partial charge is 0.352 e. The molecule has 0 aliphatic carbocycles. The number of hydrogen-bond acceptors (Lipinski definition) is 4. The Morgan fingerprint density at radius 3 is 2.71 bits per heavy atom. The number of aromatic nitrogens is 3.